The number of rotatable bonds is 3. The molecule has 0 spiro atoms. The van der Waals surface area contributed by atoms with E-state index in [1.165, 1.54) is 31.4 Å². The standard InChI is InChI=1S/C21H32N2O3/c1-21(2,3)23(20(25)16-12-8-6-5-7-9-13-16)22-19(24)17-14-10-11-15-18(17)26-4/h10-11,14-16H,5-9,12-13H2,1-4H3,(H,22,24). The van der Waals surface area contributed by atoms with E-state index >= 15 is 0 Å². The van der Waals surface area contributed by atoms with Crippen molar-refractivity contribution in [3.05, 3.63) is 29.8 Å². The predicted molar refractivity (Wildman–Crippen MR) is 103 cm³/mol. The lowest BCUT2D eigenvalue weighted by Gasteiger charge is -2.38. The van der Waals surface area contributed by atoms with E-state index in [-0.39, 0.29) is 17.7 Å². The van der Waals surface area contributed by atoms with Crippen LogP contribution in [0.4, 0.5) is 0 Å². The highest BCUT2D eigenvalue weighted by atomic mass is 16.5. The van der Waals surface area contributed by atoms with Gasteiger partial charge in [-0.1, -0.05) is 44.2 Å². The molecule has 2 amide bonds. The molecule has 0 aliphatic heterocycles. The lowest BCUT2D eigenvalue weighted by atomic mass is 9.89. The molecule has 0 aromatic heterocycles. The molecule has 1 N–H and O–H groups in total. The van der Waals surface area contributed by atoms with Crippen molar-refractivity contribution in [2.75, 3.05) is 7.11 Å². The monoisotopic (exact) mass is 360 g/mol. The largest absolute Gasteiger partial charge is 0.496 e. The van der Waals surface area contributed by atoms with Crippen LogP contribution in [-0.2, 0) is 4.79 Å². The number of amides is 2. The molecule has 0 heterocycles. The zero-order valence-corrected chi connectivity index (χ0v) is 16.5. The first-order chi connectivity index (χ1) is 12.3. The van der Waals surface area contributed by atoms with Crippen molar-refractivity contribution in [1.29, 1.82) is 0 Å². The second-order valence-electron chi connectivity index (χ2n) is 8.03. The fraction of sp³-hybridized carbons (Fsp3) is 0.619. The first kappa shape index (κ1) is 20.3. The van der Waals surface area contributed by atoms with Crippen LogP contribution in [0.5, 0.6) is 5.75 Å². The Morgan fingerprint density at radius 1 is 1.04 bits per heavy atom. The zero-order chi connectivity index (χ0) is 19.2. The van der Waals surface area contributed by atoms with Crippen LogP contribution in [0.15, 0.2) is 24.3 Å². The molecule has 0 atom stereocenters. The molecule has 2 rings (SSSR count). The Kier molecular flexibility index (Phi) is 7.06. The number of hydrogen-bond acceptors (Lipinski definition) is 3. The van der Waals surface area contributed by atoms with E-state index in [2.05, 4.69) is 5.43 Å². The summed E-state index contributed by atoms with van der Waals surface area (Å²) in [6.45, 7) is 5.82. The Balaban J connectivity index is 2.18. The molecular weight excluding hydrogens is 328 g/mol. The second-order valence-corrected chi connectivity index (χ2v) is 8.03. The number of carbonyl (C=O) groups excluding carboxylic acids is 2. The minimum atomic E-state index is -0.503. The number of methoxy groups -OCH3 is 1. The van der Waals surface area contributed by atoms with Crippen molar-refractivity contribution in [3.63, 3.8) is 0 Å². The van der Waals surface area contributed by atoms with E-state index in [1.807, 2.05) is 26.8 Å². The van der Waals surface area contributed by atoms with Gasteiger partial charge in [0.15, 0.2) is 0 Å². The topological polar surface area (TPSA) is 58.6 Å². The number of benzene rings is 1. The number of carbonyl (C=O) groups is 2. The Morgan fingerprint density at radius 2 is 1.62 bits per heavy atom. The van der Waals surface area contributed by atoms with Crippen LogP contribution in [0.2, 0.25) is 0 Å². The Bertz CT molecular complexity index is 614. The quantitative estimate of drug-likeness (QED) is 0.816. The fourth-order valence-electron chi connectivity index (χ4n) is 3.43. The SMILES string of the molecule is COc1ccccc1C(=O)NN(C(=O)C1CCCCCCC1)C(C)(C)C. The summed E-state index contributed by atoms with van der Waals surface area (Å²) in [5.74, 6) is 0.170. The summed E-state index contributed by atoms with van der Waals surface area (Å²) < 4.78 is 5.28. The molecule has 0 saturated heterocycles. The van der Waals surface area contributed by atoms with Gasteiger partial charge < -0.3 is 4.74 Å². The van der Waals surface area contributed by atoms with Crippen LogP contribution in [0.1, 0.15) is 76.1 Å². The minimum Gasteiger partial charge on any atom is -0.496 e. The summed E-state index contributed by atoms with van der Waals surface area (Å²) in [6.07, 6.45) is 7.59. The maximum Gasteiger partial charge on any atom is 0.273 e. The summed E-state index contributed by atoms with van der Waals surface area (Å²) in [5.41, 5.74) is 2.77. The lowest BCUT2D eigenvalue weighted by Crippen LogP contribution is -2.57. The highest BCUT2D eigenvalue weighted by Gasteiger charge is 2.33. The lowest BCUT2D eigenvalue weighted by molar-refractivity contribution is -0.144. The highest BCUT2D eigenvalue weighted by molar-refractivity contribution is 5.98. The molecule has 144 valence electrons. The summed E-state index contributed by atoms with van der Waals surface area (Å²) in [6, 6.07) is 7.05. The number of para-hydroxylation sites is 1. The Hall–Kier alpha value is -2.04. The van der Waals surface area contributed by atoms with Gasteiger partial charge in [-0.2, -0.15) is 0 Å². The molecule has 5 heteroatoms. The first-order valence-corrected chi connectivity index (χ1v) is 9.62. The van der Waals surface area contributed by atoms with Crippen LogP contribution in [0.25, 0.3) is 0 Å². The zero-order valence-electron chi connectivity index (χ0n) is 16.5. The van der Waals surface area contributed by atoms with Crippen molar-refractivity contribution in [2.45, 2.75) is 71.3 Å². The summed E-state index contributed by atoms with van der Waals surface area (Å²) in [5, 5.41) is 1.52. The van der Waals surface area contributed by atoms with Crippen LogP contribution < -0.4 is 10.2 Å². The summed E-state index contributed by atoms with van der Waals surface area (Å²) in [7, 11) is 1.54. The molecule has 1 aromatic carbocycles. The smallest absolute Gasteiger partial charge is 0.273 e. The van der Waals surface area contributed by atoms with Crippen LogP contribution >= 0.6 is 0 Å². The molecule has 1 aliphatic rings. The predicted octanol–water partition coefficient (Wildman–Crippen LogP) is 4.33. The molecule has 1 aromatic rings. The molecule has 26 heavy (non-hydrogen) atoms. The molecule has 0 radical (unpaired) electrons. The van der Waals surface area contributed by atoms with E-state index in [1.54, 1.807) is 18.2 Å². The minimum absolute atomic E-state index is 0.0163. The van der Waals surface area contributed by atoms with Gasteiger partial charge in [-0.05, 0) is 45.7 Å². The van der Waals surface area contributed by atoms with Gasteiger partial charge in [0.2, 0.25) is 5.91 Å². The third kappa shape index (κ3) is 5.23. The van der Waals surface area contributed by atoms with Gasteiger partial charge in [-0.3, -0.25) is 15.0 Å². The molecule has 1 fully saturated rings. The molecule has 1 aliphatic carbocycles. The van der Waals surface area contributed by atoms with Gasteiger partial charge in [0, 0.05) is 5.92 Å². The maximum absolute atomic E-state index is 13.2. The van der Waals surface area contributed by atoms with Gasteiger partial charge in [0.05, 0.1) is 18.2 Å². The van der Waals surface area contributed by atoms with Crippen LogP contribution in [-0.4, -0.2) is 29.5 Å². The number of hydrogen-bond donors (Lipinski definition) is 1. The maximum atomic E-state index is 13.2. The van der Waals surface area contributed by atoms with Crippen molar-refractivity contribution >= 4 is 11.8 Å². The molecule has 1 saturated carbocycles. The van der Waals surface area contributed by atoms with E-state index in [0.29, 0.717) is 11.3 Å². The van der Waals surface area contributed by atoms with E-state index in [4.69, 9.17) is 4.74 Å². The van der Waals surface area contributed by atoms with Crippen LogP contribution in [0, 0.1) is 5.92 Å². The number of nitrogens with one attached hydrogen (secondary N) is 1. The Morgan fingerprint density at radius 3 is 2.19 bits per heavy atom. The number of ether oxygens (including phenoxy) is 1. The van der Waals surface area contributed by atoms with Gasteiger partial charge >= 0.3 is 0 Å². The second kappa shape index (κ2) is 9.06. The molecular formula is C21H32N2O3. The molecule has 0 unspecified atom stereocenters. The van der Waals surface area contributed by atoms with Crippen LogP contribution in [0.3, 0.4) is 0 Å². The van der Waals surface area contributed by atoms with E-state index < -0.39 is 5.54 Å². The highest BCUT2D eigenvalue weighted by Crippen LogP contribution is 2.26. The Labute approximate surface area is 157 Å². The van der Waals surface area contributed by atoms with Gasteiger partial charge in [-0.15, -0.1) is 0 Å². The first-order valence-electron chi connectivity index (χ1n) is 9.62. The van der Waals surface area contributed by atoms with Gasteiger partial charge in [0.25, 0.3) is 5.91 Å². The van der Waals surface area contributed by atoms with E-state index in [9.17, 15) is 9.59 Å². The summed E-state index contributed by atoms with van der Waals surface area (Å²) >= 11 is 0. The van der Waals surface area contributed by atoms with Crippen molar-refractivity contribution in [3.8, 4) is 5.75 Å². The van der Waals surface area contributed by atoms with Crippen molar-refractivity contribution in [2.24, 2.45) is 5.92 Å². The van der Waals surface area contributed by atoms with Gasteiger partial charge in [-0.25, -0.2) is 5.01 Å². The average Bonchev–Trinajstić information content (AvgIpc) is 2.57. The summed E-state index contributed by atoms with van der Waals surface area (Å²) in [4.78, 5) is 26.0. The average molecular weight is 360 g/mol. The van der Waals surface area contributed by atoms with E-state index in [0.717, 1.165) is 25.7 Å². The normalized spacial score (nSPS) is 16.3. The van der Waals surface area contributed by atoms with Gasteiger partial charge in [0.1, 0.15) is 5.75 Å². The number of nitrogens with zero attached hydrogens (tertiary/aromatic N) is 1. The molecule has 5 nitrogen and oxygen atoms in total. The fourth-order valence-corrected chi connectivity index (χ4v) is 3.43. The van der Waals surface area contributed by atoms with Crippen molar-refractivity contribution in [1.82, 2.24) is 10.4 Å². The third-order valence-corrected chi connectivity index (χ3v) is 4.91. The van der Waals surface area contributed by atoms with Crippen molar-refractivity contribution < 1.29 is 14.3 Å². The third-order valence-electron chi connectivity index (χ3n) is 4.91. The number of hydrazine groups is 1. The molecule has 0 bridgehead atoms.